The molecule has 0 bridgehead atoms. The van der Waals surface area contributed by atoms with Crippen molar-refractivity contribution in [3.05, 3.63) is 39.4 Å². The van der Waals surface area contributed by atoms with Gasteiger partial charge in [0.05, 0.1) is 5.69 Å². The zero-order chi connectivity index (χ0) is 10.8. The van der Waals surface area contributed by atoms with Crippen molar-refractivity contribution in [1.82, 2.24) is 15.0 Å². The van der Waals surface area contributed by atoms with Crippen molar-refractivity contribution in [3.63, 3.8) is 0 Å². The average Bonchev–Trinajstić information content (AvgIpc) is 2.16. The molecule has 76 valence electrons. The van der Waals surface area contributed by atoms with E-state index >= 15 is 0 Å². The molecule has 0 atom stereocenters. The highest BCUT2D eigenvalue weighted by molar-refractivity contribution is 9.10. The summed E-state index contributed by atoms with van der Waals surface area (Å²) in [6.45, 7) is 0. The fraction of sp³-hybridized carbons (Fsp3) is 0. The highest BCUT2D eigenvalue weighted by Gasteiger charge is 2.04. The molecule has 0 aliphatic heterocycles. The summed E-state index contributed by atoms with van der Waals surface area (Å²) in [7, 11) is 0. The first-order valence-corrected chi connectivity index (χ1v) is 5.52. The average molecular weight is 305 g/mol. The first kappa shape index (κ1) is 10.8. The van der Waals surface area contributed by atoms with E-state index in [2.05, 4.69) is 30.9 Å². The van der Waals surface area contributed by atoms with E-state index in [1.165, 1.54) is 0 Å². The van der Waals surface area contributed by atoms with Gasteiger partial charge in [0.1, 0.15) is 9.76 Å². The van der Waals surface area contributed by atoms with Crippen LogP contribution in [-0.4, -0.2) is 15.0 Å². The van der Waals surface area contributed by atoms with Gasteiger partial charge in [0.15, 0.2) is 0 Å². The van der Waals surface area contributed by atoms with Gasteiger partial charge in [-0.25, -0.2) is 15.0 Å². The number of pyridine rings is 1. The summed E-state index contributed by atoms with van der Waals surface area (Å²) in [6.07, 6.45) is 1.67. The van der Waals surface area contributed by atoms with Crippen molar-refractivity contribution in [1.29, 1.82) is 0 Å². The number of halogens is 3. The third-order valence-electron chi connectivity index (χ3n) is 1.69. The minimum Gasteiger partial charge on any atom is -0.249 e. The van der Waals surface area contributed by atoms with Crippen LogP contribution >= 0.6 is 39.1 Å². The zero-order valence-corrected chi connectivity index (χ0v) is 10.4. The Kier molecular flexibility index (Phi) is 3.19. The summed E-state index contributed by atoms with van der Waals surface area (Å²) in [6, 6.07) is 5.30. The van der Waals surface area contributed by atoms with Gasteiger partial charge in [-0.1, -0.05) is 11.6 Å². The SMILES string of the molecule is Clc1cc(-c2ccnc(Br)c2)nc(Cl)n1. The third kappa shape index (κ3) is 2.65. The molecular formula is C9H4BrCl2N3. The fourth-order valence-corrected chi connectivity index (χ4v) is 1.87. The molecule has 2 heterocycles. The van der Waals surface area contributed by atoms with Crippen LogP contribution < -0.4 is 0 Å². The number of aromatic nitrogens is 3. The van der Waals surface area contributed by atoms with E-state index in [0.717, 1.165) is 10.2 Å². The lowest BCUT2D eigenvalue weighted by Crippen LogP contribution is -1.88. The van der Waals surface area contributed by atoms with Gasteiger partial charge in [-0.3, -0.25) is 0 Å². The van der Waals surface area contributed by atoms with Crippen LogP contribution in [0.15, 0.2) is 29.0 Å². The van der Waals surface area contributed by atoms with Gasteiger partial charge in [-0.2, -0.15) is 0 Å². The summed E-state index contributed by atoms with van der Waals surface area (Å²) in [4.78, 5) is 11.9. The Morgan fingerprint density at radius 1 is 1.13 bits per heavy atom. The van der Waals surface area contributed by atoms with E-state index < -0.39 is 0 Å². The largest absolute Gasteiger partial charge is 0.249 e. The molecule has 0 N–H and O–H groups in total. The van der Waals surface area contributed by atoms with Crippen molar-refractivity contribution in [2.45, 2.75) is 0 Å². The predicted octanol–water partition coefficient (Wildman–Crippen LogP) is 3.61. The Balaban J connectivity index is 2.54. The van der Waals surface area contributed by atoms with E-state index in [9.17, 15) is 0 Å². The molecular weight excluding hydrogens is 301 g/mol. The Labute approximate surface area is 105 Å². The Hall–Kier alpha value is -0.710. The van der Waals surface area contributed by atoms with Crippen molar-refractivity contribution >= 4 is 39.1 Å². The molecule has 0 unspecified atom stereocenters. The number of rotatable bonds is 1. The number of hydrogen-bond acceptors (Lipinski definition) is 3. The van der Waals surface area contributed by atoms with Crippen molar-refractivity contribution in [3.8, 4) is 11.3 Å². The van der Waals surface area contributed by atoms with Crippen molar-refractivity contribution in [2.24, 2.45) is 0 Å². The Morgan fingerprint density at radius 3 is 2.60 bits per heavy atom. The van der Waals surface area contributed by atoms with E-state index in [1.54, 1.807) is 12.3 Å². The van der Waals surface area contributed by atoms with Crippen LogP contribution in [0.3, 0.4) is 0 Å². The molecule has 15 heavy (non-hydrogen) atoms. The highest BCUT2D eigenvalue weighted by atomic mass is 79.9. The molecule has 2 rings (SSSR count). The van der Waals surface area contributed by atoms with Crippen LogP contribution in [0.2, 0.25) is 10.4 Å². The maximum absolute atomic E-state index is 5.78. The molecule has 2 aromatic heterocycles. The minimum absolute atomic E-state index is 0.130. The zero-order valence-electron chi connectivity index (χ0n) is 7.28. The molecule has 3 nitrogen and oxygen atoms in total. The van der Waals surface area contributed by atoms with Gasteiger partial charge < -0.3 is 0 Å². The lowest BCUT2D eigenvalue weighted by atomic mass is 10.2. The predicted molar refractivity (Wildman–Crippen MR) is 63.0 cm³/mol. The van der Waals surface area contributed by atoms with Gasteiger partial charge in [-0.05, 0) is 39.7 Å². The molecule has 0 fully saturated rings. The van der Waals surface area contributed by atoms with Crippen LogP contribution in [0.4, 0.5) is 0 Å². The summed E-state index contributed by atoms with van der Waals surface area (Å²) < 4.78 is 0.728. The lowest BCUT2D eigenvalue weighted by Gasteiger charge is -2.01. The number of nitrogens with zero attached hydrogens (tertiary/aromatic N) is 3. The molecule has 0 amide bonds. The van der Waals surface area contributed by atoms with Gasteiger partial charge in [0, 0.05) is 17.8 Å². The third-order valence-corrected chi connectivity index (χ3v) is 2.49. The van der Waals surface area contributed by atoms with E-state index in [1.807, 2.05) is 12.1 Å². The maximum atomic E-state index is 5.78. The second kappa shape index (κ2) is 4.43. The van der Waals surface area contributed by atoms with Crippen LogP contribution in [0.5, 0.6) is 0 Å². The van der Waals surface area contributed by atoms with Crippen LogP contribution in [0.25, 0.3) is 11.3 Å². The molecule has 6 heteroatoms. The monoisotopic (exact) mass is 303 g/mol. The smallest absolute Gasteiger partial charge is 0.224 e. The maximum Gasteiger partial charge on any atom is 0.224 e. The molecule has 0 aromatic carbocycles. The normalized spacial score (nSPS) is 10.3. The minimum atomic E-state index is 0.130. The first-order valence-electron chi connectivity index (χ1n) is 3.97. The molecule has 0 aliphatic carbocycles. The first-order chi connectivity index (χ1) is 7.15. The highest BCUT2D eigenvalue weighted by Crippen LogP contribution is 2.22. The van der Waals surface area contributed by atoms with E-state index in [0.29, 0.717) is 10.8 Å². The molecule has 0 spiro atoms. The quantitative estimate of drug-likeness (QED) is 0.459. The standard InChI is InChI=1S/C9H4BrCl2N3/c10-7-3-5(1-2-13-7)6-4-8(11)15-9(12)14-6/h1-4H. The number of hydrogen-bond donors (Lipinski definition) is 0. The molecule has 0 saturated carbocycles. The lowest BCUT2D eigenvalue weighted by molar-refractivity contribution is 1.17. The van der Waals surface area contributed by atoms with Gasteiger partial charge in [0.2, 0.25) is 5.28 Å². The van der Waals surface area contributed by atoms with E-state index in [-0.39, 0.29) is 5.28 Å². The van der Waals surface area contributed by atoms with Crippen LogP contribution in [0.1, 0.15) is 0 Å². The molecule has 0 saturated heterocycles. The second-order valence-electron chi connectivity index (χ2n) is 2.71. The molecule has 0 aliphatic rings. The summed E-state index contributed by atoms with van der Waals surface area (Å²) >= 11 is 14.8. The summed E-state index contributed by atoms with van der Waals surface area (Å²) in [5.41, 5.74) is 1.55. The topological polar surface area (TPSA) is 38.7 Å². The fourth-order valence-electron chi connectivity index (χ4n) is 1.10. The van der Waals surface area contributed by atoms with Crippen molar-refractivity contribution in [2.75, 3.05) is 0 Å². The second-order valence-corrected chi connectivity index (χ2v) is 4.25. The Morgan fingerprint density at radius 2 is 1.93 bits per heavy atom. The molecule has 0 radical (unpaired) electrons. The summed E-state index contributed by atoms with van der Waals surface area (Å²) in [5, 5.41) is 0.448. The van der Waals surface area contributed by atoms with Crippen molar-refractivity contribution < 1.29 is 0 Å². The van der Waals surface area contributed by atoms with Gasteiger partial charge in [0.25, 0.3) is 0 Å². The molecule has 2 aromatic rings. The van der Waals surface area contributed by atoms with Crippen LogP contribution in [-0.2, 0) is 0 Å². The van der Waals surface area contributed by atoms with Gasteiger partial charge >= 0.3 is 0 Å². The summed E-state index contributed by atoms with van der Waals surface area (Å²) in [5.74, 6) is 0. The van der Waals surface area contributed by atoms with Crippen LogP contribution in [0, 0.1) is 0 Å². The Bertz CT molecular complexity index is 484. The van der Waals surface area contributed by atoms with E-state index in [4.69, 9.17) is 23.2 Å². The van der Waals surface area contributed by atoms with Gasteiger partial charge in [-0.15, -0.1) is 0 Å².